The number of aliphatic hydroxyl groups excluding tert-OH is 1. The Morgan fingerprint density at radius 1 is 0.865 bits per heavy atom. The molecule has 0 bridgehead atoms. The first-order valence-electron chi connectivity index (χ1n) is 13.5. The number of fused-ring (bicyclic) bond motifs is 3. The summed E-state index contributed by atoms with van der Waals surface area (Å²) in [6, 6.07) is 28.3. The van der Waals surface area contributed by atoms with Crippen LogP contribution in [0.25, 0.3) is 10.9 Å². The number of hydrogen-bond acceptors (Lipinski definition) is 5. The molecule has 0 saturated carbocycles. The molecule has 1 atom stereocenters. The molecule has 1 aromatic heterocycles. The first kappa shape index (κ1) is 24.1. The lowest BCUT2D eigenvalue weighted by Gasteiger charge is -2.36. The number of piperidine rings is 1. The van der Waals surface area contributed by atoms with Crippen molar-refractivity contribution < 1.29 is 9.84 Å². The second kappa shape index (κ2) is 11.0. The number of ether oxygens (including phenoxy) is 1. The van der Waals surface area contributed by atoms with Gasteiger partial charge in [0.05, 0.1) is 11.6 Å². The van der Waals surface area contributed by atoms with Crippen LogP contribution in [0.4, 0.5) is 0 Å². The third-order valence-corrected chi connectivity index (χ3v) is 7.89. The quantitative estimate of drug-likeness (QED) is 0.383. The predicted molar refractivity (Wildman–Crippen MR) is 148 cm³/mol. The van der Waals surface area contributed by atoms with Crippen molar-refractivity contribution in [1.82, 2.24) is 15.2 Å². The number of rotatable bonds is 7. The highest BCUT2D eigenvalue weighted by Crippen LogP contribution is 2.33. The van der Waals surface area contributed by atoms with Crippen molar-refractivity contribution in [3.05, 3.63) is 107 Å². The molecule has 0 amide bonds. The summed E-state index contributed by atoms with van der Waals surface area (Å²) >= 11 is 0. The summed E-state index contributed by atoms with van der Waals surface area (Å²) in [5, 5.41) is 15.7. The Morgan fingerprint density at radius 2 is 1.57 bits per heavy atom. The van der Waals surface area contributed by atoms with E-state index < -0.39 is 6.10 Å². The summed E-state index contributed by atoms with van der Waals surface area (Å²) in [5.41, 5.74) is 6.66. The number of β-amino-alcohol motifs (C(OH)–C–C–N with tert-alkyl or cyclic N) is 1. The number of hydrogen-bond donors (Lipinski definition) is 2. The molecule has 5 heteroatoms. The number of aryl methyl sites for hydroxylation is 2. The zero-order valence-electron chi connectivity index (χ0n) is 21.2. The summed E-state index contributed by atoms with van der Waals surface area (Å²) in [6.07, 6.45) is 5.59. The first-order valence-corrected chi connectivity index (χ1v) is 13.5. The van der Waals surface area contributed by atoms with E-state index in [9.17, 15) is 5.11 Å². The summed E-state index contributed by atoms with van der Waals surface area (Å²) in [6.45, 7) is 2.86. The van der Waals surface area contributed by atoms with Gasteiger partial charge in [-0.15, -0.1) is 0 Å². The van der Waals surface area contributed by atoms with Crippen LogP contribution in [0.15, 0.2) is 85.1 Å². The molecule has 2 aliphatic rings. The number of benzene rings is 3. The van der Waals surface area contributed by atoms with Crippen LogP contribution >= 0.6 is 0 Å². The molecule has 37 heavy (non-hydrogen) atoms. The normalized spacial score (nSPS) is 17.6. The van der Waals surface area contributed by atoms with Crippen LogP contribution in [-0.4, -0.2) is 53.4 Å². The van der Waals surface area contributed by atoms with Crippen molar-refractivity contribution >= 4 is 10.9 Å². The van der Waals surface area contributed by atoms with Gasteiger partial charge in [-0.1, -0.05) is 54.6 Å². The lowest BCUT2D eigenvalue weighted by atomic mass is 9.92. The molecule has 1 unspecified atom stereocenters. The van der Waals surface area contributed by atoms with Gasteiger partial charge in [-0.2, -0.15) is 0 Å². The van der Waals surface area contributed by atoms with E-state index in [0.717, 1.165) is 55.4 Å². The Hall–Kier alpha value is -3.25. The molecule has 1 aliphatic carbocycles. The molecule has 2 N–H and O–H groups in total. The van der Waals surface area contributed by atoms with Crippen LogP contribution in [0.5, 0.6) is 5.75 Å². The van der Waals surface area contributed by atoms with E-state index in [4.69, 9.17) is 4.74 Å². The maximum atomic E-state index is 10.7. The lowest BCUT2D eigenvalue weighted by Crippen LogP contribution is -2.46. The summed E-state index contributed by atoms with van der Waals surface area (Å²) < 4.78 is 5.99. The Bertz CT molecular complexity index is 1300. The number of likely N-dealkylation sites (tertiary alicyclic amines) is 1. The largest absolute Gasteiger partial charge is 0.490 e. The van der Waals surface area contributed by atoms with Gasteiger partial charge in [0.15, 0.2) is 0 Å². The minimum absolute atomic E-state index is 0.237. The molecule has 5 nitrogen and oxygen atoms in total. The van der Waals surface area contributed by atoms with Crippen LogP contribution in [0, 0.1) is 0 Å². The minimum atomic E-state index is -0.531. The van der Waals surface area contributed by atoms with Gasteiger partial charge in [0.2, 0.25) is 0 Å². The average Bonchev–Trinajstić information content (AvgIpc) is 3.10. The number of aliphatic hydroxyl groups is 1. The predicted octanol–water partition coefficient (Wildman–Crippen LogP) is 4.92. The van der Waals surface area contributed by atoms with E-state index in [2.05, 4.69) is 63.7 Å². The fourth-order valence-corrected chi connectivity index (χ4v) is 5.96. The van der Waals surface area contributed by atoms with Crippen molar-refractivity contribution in [3.63, 3.8) is 0 Å². The van der Waals surface area contributed by atoms with Gasteiger partial charge < -0.3 is 20.1 Å². The molecule has 1 saturated heterocycles. The number of pyridine rings is 1. The van der Waals surface area contributed by atoms with Gasteiger partial charge in [0.25, 0.3) is 0 Å². The zero-order chi connectivity index (χ0) is 25.0. The average molecular weight is 494 g/mol. The van der Waals surface area contributed by atoms with E-state index in [1.54, 1.807) is 6.20 Å². The Kier molecular flexibility index (Phi) is 7.18. The van der Waals surface area contributed by atoms with E-state index >= 15 is 0 Å². The summed E-state index contributed by atoms with van der Waals surface area (Å²) in [7, 11) is 0. The third-order valence-electron chi connectivity index (χ3n) is 7.89. The van der Waals surface area contributed by atoms with Gasteiger partial charge in [-0.05, 0) is 85.3 Å². The van der Waals surface area contributed by atoms with Crippen molar-refractivity contribution in [2.45, 2.75) is 43.9 Å². The molecule has 3 aromatic carbocycles. The molecular weight excluding hydrogens is 458 g/mol. The molecule has 1 fully saturated rings. The smallest absolute Gasteiger partial charge is 0.128 e. The SMILES string of the molecule is OC(COc1cccc2ncccc12)CN1CCC(NC2c3ccccc3CCc3ccccc32)CC1. The number of nitrogens with one attached hydrogen (secondary N) is 1. The van der Waals surface area contributed by atoms with E-state index in [1.807, 2.05) is 30.3 Å². The number of nitrogens with zero attached hydrogens (tertiary/aromatic N) is 2. The highest BCUT2D eigenvalue weighted by molar-refractivity contribution is 5.84. The standard InChI is InChI=1S/C32H35N3O2/c36-26(22-37-31-13-5-12-30-29(31)11-6-18-33-30)21-35-19-16-25(17-20-35)34-32-27-9-3-1-7-23(27)14-15-24-8-2-4-10-28(24)32/h1-13,18,25-26,32,34,36H,14-17,19-22H2. The zero-order valence-corrected chi connectivity index (χ0v) is 21.2. The Balaban J connectivity index is 1.05. The van der Waals surface area contributed by atoms with Crippen molar-refractivity contribution in [2.24, 2.45) is 0 Å². The maximum absolute atomic E-state index is 10.7. The van der Waals surface area contributed by atoms with Gasteiger partial charge in [-0.3, -0.25) is 4.98 Å². The fraction of sp³-hybridized carbons (Fsp3) is 0.344. The van der Waals surface area contributed by atoms with E-state index in [1.165, 1.54) is 22.3 Å². The summed E-state index contributed by atoms with van der Waals surface area (Å²) in [5.74, 6) is 0.775. The highest BCUT2D eigenvalue weighted by Gasteiger charge is 2.28. The van der Waals surface area contributed by atoms with Crippen LogP contribution in [-0.2, 0) is 12.8 Å². The minimum Gasteiger partial charge on any atom is -0.490 e. The van der Waals surface area contributed by atoms with E-state index in [0.29, 0.717) is 12.6 Å². The van der Waals surface area contributed by atoms with Crippen molar-refractivity contribution in [1.29, 1.82) is 0 Å². The topological polar surface area (TPSA) is 57.6 Å². The van der Waals surface area contributed by atoms with Crippen LogP contribution < -0.4 is 10.1 Å². The van der Waals surface area contributed by atoms with Crippen molar-refractivity contribution in [3.8, 4) is 5.75 Å². The van der Waals surface area contributed by atoms with Gasteiger partial charge in [0, 0.05) is 24.2 Å². The van der Waals surface area contributed by atoms with Crippen LogP contribution in [0.1, 0.15) is 41.1 Å². The Morgan fingerprint density at radius 3 is 2.30 bits per heavy atom. The van der Waals surface area contributed by atoms with Gasteiger partial charge >= 0.3 is 0 Å². The monoisotopic (exact) mass is 493 g/mol. The van der Waals surface area contributed by atoms with Gasteiger partial charge in [0.1, 0.15) is 18.5 Å². The van der Waals surface area contributed by atoms with Crippen LogP contribution in [0.3, 0.4) is 0 Å². The molecule has 4 aromatic rings. The second-order valence-corrected chi connectivity index (χ2v) is 10.4. The molecular formula is C32H35N3O2. The highest BCUT2D eigenvalue weighted by atomic mass is 16.5. The molecule has 1 aliphatic heterocycles. The molecule has 0 radical (unpaired) electrons. The van der Waals surface area contributed by atoms with E-state index in [-0.39, 0.29) is 12.6 Å². The molecule has 6 rings (SSSR count). The third kappa shape index (κ3) is 5.40. The fourth-order valence-electron chi connectivity index (χ4n) is 5.96. The maximum Gasteiger partial charge on any atom is 0.128 e. The second-order valence-electron chi connectivity index (χ2n) is 10.4. The van der Waals surface area contributed by atoms with Crippen LogP contribution in [0.2, 0.25) is 0 Å². The summed E-state index contributed by atoms with van der Waals surface area (Å²) in [4.78, 5) is 6.75. The van der Waals surface area contributed by atoms with Gasteiger partial charge in [-0.25, -0.2) is 0 Å². The molecule has 190 valence electrons. The first-order chi connectivity index (χ1) is 18.2. The molecule has 2 heterocycles. The van der Waals surface area contributed by atoms with Crippen molar-refractivity contribution in [2.75, 3.05) is 26.2 Å². The Labute approximate surface area is 219 Å². The molecule has 0 spiro atoms. The number of aromatic nitrogens is 1. The lowest BCUT2D eigenvalue weighted by molar-refractivity contribution is 0.0579.